The Morgan fingerprint density at radius 1 is 1.42 bits per heavy atom. The van der Waals surface area contributed by atoms with Crippen molar-refractivity contribution >= 4 is 75.4 Å². The highest BCUT2D eigenvalue weighted by atomic mass is 35.5. The molecule has 9 heteroatoms. The van der Waals surface area contributed by atoms with Crippen LogP contribution in [0.25, 0.3) is 10.2 Å². The molecule has 0 unspecified atom stereocenters. The zero-order chi connectivity index (χ0) is 17.1. The van der Waals surface area contributed by atoms with Crippen LogP contribution in [0.4, 0.5) is 5.69 Å². The van der Waals surface area contributed by atoms with Gasteiger partial charge in [-0.3, -0.25) is 0 Å². The Labute approximate surface area is 179 Å². The lowest BCUT2D eigenvalue weighted by Gasteiger charge is -2.08. The summed E-state index contributed by atoms with van der Waals surface area (Å²) in [6.45, 7) is 2.71. The summed E-state index contributed by atoms with van der Waals surface area (Å²) >= 11 is 9.74. The Hall–Kier alpha value is -0.630. The van der Waals surface area contributed by atoms with Crippen LogP contribution in [0, 0.1) is 6.92 Å². The highest BCUT2D eigenvalue weighted by molar-refractivity contribution is 7.98. The van der Waals surface area contributed by atoms with Crippen molar-refractivity contribution in [2.75, 3.05) is 17.3 Å². The average molecular weight is 455 g/mol. The summed E-state index contributed by atoms with van der Waals surface area (Å²) in [5, 5.41) is 3.90. The quantitative estimate of drug-likeness (QED) is 0.459. The Morgan fingerprint density at radius 2 is 2.19 bits per heavy atom. The first-order chi connectivity index (χ1) is 11.6. The molecular formula is C17H22Cl3N3OS2. The number of nitrogens with zero attached hydrogens (tertiary/aromatic N) is 1. The lowest BCUT2D eigenvalue weighted by molar-refractivity contribution is 0.518. The molecule has 26 heavy (non-hydrogen) atoms. The van der Waals surface area contributed by atoms with E-state index in [2.05, 4.69) is 23.5 Å². The van der Waals surface area contributed by atoms with Crippen LogP contribution in [0.5, 0.6) is 0 Å². The smallest absolute Gasteiger partial charge is 0.131 e. The van der Waals surface area contributed by atoms with E-state index in [1.165, 1.54) is 10.4 Å². The van der Waals surface area contributed by atoms with Crippen LogP contribution in [0.3, 0.4) is 0 Å². The van der Waals surface area contributed by atoms with E-state index in [0.717, 1.165) is 33.8 Å². The summed E-state index contributed by atoms with van der Waals surface area (Å²) in [6.07, 6.45) is 4.62. The molecule has 0 radical (unpaired) electrons. The van der Waals surface area contributed by atoms with E-state index in [9.17, 15) is 0 Å². The van der Waals surface area contributed by atoms with E-state index in [1.807, 2.05) is 18.2 Å². The lowest BCUT2D eigenvalue weighted by Crippen LogP contribution is -2.25. The van der Waals surface area contributed by atoms with Crippen molar-refractivity contribution in [2.45, 2.75) is 25.9 Å². The third-order valence-electron chi connectivity index (χ3n) is 3.80. The van der Waals surface area contributed by atoms with Crippen molar-refractivity contribution in [3.8, 4) is 0 Å². The number of rotatable bonds is 7. The van der Waals surface area contributed by atoms with Crippen molar-refractivity contribution in [3.63, 3.8) is 0 Å². The molecule has 144 valence electrons. The molecule has 3 aromatic heterocycles. The molecule has 0 amide bonds. The molecule has 0 saturated carbocycles. The van der Waals surface area contributed by atoms with Gasteiger partial charge in [-0.1, -0.05) is 11.6 Å². The molecule has 3 heterocycles. The fourth-order valence-corrected chi connectivity index (χ4v) is 4.69. The number of furan rings is 1. The van der Waals surface area contributed by atoms with E-state index in [1.54, 1.807) is 29.4 Å². The minimum Gasteiger partial charge on any atom is -0.467 e. The Morgan fingerprint density at radius 3 is 2.85 bits per heavy atom. The van der Waals surface area contributed by atoms with Crippen LogP contribution >= 0.6 is 59.5 Å². The van der Waals surface area contributed by atoms with Crippen molar-refractivity contribution in [1.29, 1.82) is 0 Å². The molecule has 4 nitrogen and oxygen atoms in total. The molecule has 0 aliphatic rings. The van der Waals surface area contributed by atoms with Crippen molar-refractivity contribution in [2.24, 2.45) is 5.73 Å². The zero-order valence-corrected chi connectivity index (χ0v) is 18.5. The molecule has 0 bridgehead atoms. The number of fused-ring (bicyclic) bond motifs is 1. The summed E-state index contributed by atoms with van der Waals surface area (Å²) < 4.78 is 6.50. The zero-order valence-electron chi connectivity index (χ0n) is 14.5. The Balaban J connectivity index is 0.00000169. The van der Waals surface area contributed by atoms with Crippen molar-refractivity contribution < 1.29 is 4.42 Å². The van der Waals surface area contributed by atoms with Gasteiger partial charge in [-0.25, -0.2) is 4.98 Å². The standard InChI is InChI=1S/C17H20ClN3OS2.2ClH/c1-10-14(6-11(19)9-23-2)24-17-13(7-15(18)21-16(10)17)20-8-12-4-3-5-22-12;;/h3-5,7,11H,6,8-9,19H2,1-2H3,(H,20,21);2*1H/t11-;;/m1../s1. The number of aromatic nitrogens is 1. The van der Waals surface area contributed by atoms with Gasteiger partial charge in [-0.15, -0.1) is 36.2 Å². The normalized spacial score (nSPS) is 11.7. The first-order valence-electron chi connectivity index (χ1n) is 7.67. The van der Waals surface area contributed by atoms with Gasteiger partial charge in [0.15, 0.2) is 0 Å². The van der Waals surface area contributed by atoms with E-state index < -0.39 is 0 Å². The first kappa shape index (κ1) is 23.4. The molecule has 1 atom stereocenters. The minimum absolute atomic E-state index is 0. The second kappa shape index (κ2) is 10.6. The van der Waals surface area contributed by atoms with Crippen molar-refractivity contribution in [3.05, 3.63) is 45.8 Å². The SMILES string of the molecule is CSC[C@H](N)Cc1sc2c(NCc3ccco3)cc(Cl)nc2c1C.Cl.Cl. The molecule has 0 fully saturated rings. The average Bonchev–Trinajstić information content (AvgIpc) is 3.15. The summed E-state index contributed by atoms with van der Waals surface area (Å²) in [4.78, 5) is 5.80. The monoisotopic (exact) mass is 453 g/mol. The van der Waals surface area contributed by atoms with Crippen LogP contribution in [0.1, 0.15) is 16.2 Å². The van der Waals surface area contributed by atoms with Crippen LogP contribution in [-0.4, -0.2) is 23.0 Å². The van der Waals surface area contributed by atoms with Gasteiger partial charge in [-0.05, 0) is 37.3 Å². The predicted molar refractivity (Wildman–Crippen MR) is 120 cm³/mol. The number of aryl methyl sites for hydroxylation is 1. The summed E-state index contributed by atoms with van der Waals surface area (Å²) in [5.41, 5.74) is 9.33. The molecule has 3 rings (SSSR count). The van der Waals surface area contributed by atoms with E-state index in [0.29, 0.717) is 11.7 Å². The number of nitrogens with two attached hydrogens (primary N) is 1. The van der Waals surface area contributed by atoms with Crippen molar-refractivity contribution in [1.82, 2.24) is 4.98 Å². The fourth-order valence-electron chi connectivity index (χ4n) is 2.62. The fraction of sp³-hybridized carbons (Fsp3) is 0.353. The molecule has 0 aliphatic carbocycles. The third-order valence-corrected chi connectivity index (χ3v) is 6.09. The number of nitrogens with one attached hydrogen (secondary N) is 1. The highest BCUT2D eigenvalue weighted by Gasteiger charge is 2.16. The molecule has 0 saturated heterocycles. The summed E-state index contributed by atoms with van der Waals surface area (Å²) in [5.74, 6) is 1.83. The molecule has 3 N–H and O–H groups in total. The van der Waals surface area contributed by atoms with Gasteiger partial charge in [0.1, 0.15) is 10.9 Å². The van der Waals surface area contributed by atoms with Gasteiger partial charge < -0.3 is 15.5 Å². The molecule has 0 aliphatic heterocycles. The lowest BCUT2D eigenvalue weighted by atomic mass is 10.1. The van der Waals surface area contributed by atoms with Crippen LogP contribution < -0.4 is 11.1 Å². The van der Waals surface area contributed by atoms with Crippen LogP contribution in [-0.2, 0) is 13.0 Å². The van der Waals surface area contributed by atoms with Gasteiger partial charge in [0.05, 0.1) is 28.7 Å². The predicted octanol–water partition coefficient (Wildman–Crippen LogP) is 5.54. The van der Waals surface area contributed by atoms with Gasteiger partial charge >= 0.3 is 0 Å². The second-order valence-corrected chi connectivity index (χ2v) is 8.08. The van der Waals surface area contributed by atoms with Crippen LogP contribution in [0.2, 0.25) is 5.15 Å². The molecular weight excluding hydrogens is 433 g/mol. The highest BCUT2D eigenvalue weighted by Crippen LogP contribution is 2.37. The first-order valence-corrected chi connectivity index (χ1v) is 10.3. The van der Waals surface area contributed by atoms with Gasteiger partial charge in [0, 0.05) is 22.7 Å². The second-order valence-electron chi connectivity index (χ2n) is 5.67. The summed E-state index contributed by atoms with van der Waals surface area (Å²) in [7, 11) is 0. The number of thioether (sulfide) groups is 1. The van der Waals surface area contributed by atoms with E-state index in [4.69, 9.17) is 21.8 Å². The van der Waals surface area contributed by atoms with Gasteiger partial charge in [-0.2, -0.15) is 11.8 Å². The van der Waals surface area contributed by atoms with E-state index >= 15 is 0 Å². The summed E-state index contributed by atoms with van der Waals surface area (Å²) in [6, 6.07) is 5.85. The Bertz CT molecular complexity index is 824. The Kier molecular flexibility index (Phi) is 9.58. The molecule has 3 aromatic rings. The number of hydrogen-bond acceptors (Lipinski definition) is 6. The topological polar surface area (TPSA) is 64.1 Å². The minimum atomic E-state index is 0. The number of hydrogen-bond donors (Lipinski definition) is 2. The largest absolute Gasteiger partial charge is 0.467 e. The van der Waals surface area contributed by atoms with Gasteiger partial charge in [0.2, 0.25) is 0 Å². The molecule has 0 aromatic carbocycles. The number of pyridine rings is 1. The van der Waals surface area contributed by atoms with E-state index in [-0.39, 0.29) is 30.9 Å². The maximum absolute atomic E-state index is 6.22. The number of halogens is 3. The van der Waals surface area contributed by atoms with Gasteiger partial charge in [0.25, 0.3) is 0 Å². The maximum atomic E-state index is 6.22. The van der Waals surface area contributed by atoms with Crippen LogP contribution in [0.15, 0.2) is 28.9 Å². The number of thiophene rings is 1. The maximum Gasteiger partial charge on any atom is 0.131 e. The third kappa shape index (κ3) is 5.44. The molecule has 0 spiro atoms. The number of anilines is 1.